The van der Waals surface area contributed by atoms with Gasteiger partial charge in [0.2, 0.25) is 5.91 Å². The maximum Gasteiger partial charge on any atom is 0.254 e. The molecular formula is C24H30N2O2. The summed E-state index contributed by atoms with van der Waals surface area (Å²) in [6, 6.07) is 17.7. The molecule has 1 N–H and O–H groups in total. The number of rotatable bonds is 6. The number of nitrogens with one attached hydrogen (secondary N) is 1. The molecular weight excluding hydrogens is 348 g/mol. The molecule has 4 nitrogen and oxygen atoms in total. The number of carbonyl (C=O) groups is 2. The first-order chi connectivity index (χ1) is 13.5. The van der Waals surface area contributed by atoms with Gasteiger partial charge in [-0.1, -0.05) is 67.3 Å². The van der Waals surface area contributed by atoms with Crippen LogP contribution in [0, 0.1) is 6.92 Å². The molecule has 0 aliphatic heterocycles. The van der Waals surface area contributed by atoms with E-state index in [0.29, 0.717) is 12.1 Å². The Morgan fingerprint density at radius 1 is 1.00 bits per heavy atom. The topological polar surface area (TPSA) is 49.4 Å². The summed E-state index contributed by atoms with van der Waals surface area (Å²) in [7, 11) is 1.67. The third kappa shape index (κ3) is 4.80. The molecule has 0 unspecified atom stereocenters. The van der Waals surface area contributed by atoms with Crippen molar-refractivity contribution in [2.45, 2.75) is 44.4 Å². The number of carbonyl (C=O) groups excluding carboxylic acids is 2. The van der Waals surface area contributed by atoms with Gasteiger partial charge >= 0.3 is 0 Å². The highest BCUT2D eigenvalue weighted by Gasteiger charge is 2.34. The fraction of sp³-hybridized carbons (Fsp3) is 0.417. The van der Waals surface area contributed by atoms with E-state index in [4.69, 9.17) is 0 Å². The third-order valence-electron chi connectivity index (χ3n) is 5.81. The Bertz CT molecular complexity index is 810. The first-order valence-electron chi connectivity index (χ1n) is 10.1. The molecule has 28 heavy (non-hydrogen) atoms. The van der Waals surface area contributed by atoms with Crippen LogP contribution in [0.25, 0.3) is 0 Å². The molecule has 0 heterocycles. The second-order valence-electron chi connectivity index (χ2n) is 8.01. The maximum atomic E-state index is 12.6. The number of likely N-dealkylation sites (N-methyl/N-ethyl adjacent to an activating group) is 1. The third-order valence-corrected chi connectivity index (χ3v) is 5.81. The van der Waals surface area contributed by atoms with Crippen LogP contribution in [-0.4, -0.2) is 36.9 Å². The Labute approximate surface area is 167 Å². The maximum absolute atomic E-state index is 12.6. The van der Waals surface area contributed by atoms with Crippen molar-refractivity contribution < 1.29 is 9.59 Å². The lowest BCUT2D eigenvalue weighted by Gasteiger charge is -2.38. The van der Waals surface area contributed by atoms with Crippen LogP contribution < -0.4 is 5.32 Å². The SMILES string of the molecule is Cc1cccc(C2(CNC(=O)CN(C)C(=O)c3ccccc3)CCCCC2)c1. The molecule has 0 radical (unpaired) electrons. The van der Waals surface area contributed by atoms with E-state index in [-0.39, 0.29) is 23.8 Å². The van der Waals surface area contributed by atoms with Crippen molar-refractivity contribution in [3.05, 3.63) is 71.3 Å². The predicted molar refractivity (Wildman–Crippen MR) is 112 cm³/mol. The van der Waals surface area contributed by atoms with Crippen molar-refractivity contribution >= 4 is 11.8 Å². The lowest BCUT2D eigenvalue weighted by Crippen LogP contribution is -2.45. The van der Waals surface area contributed by atoms with Crippen molar-refractivity contribution in [1.29, 1.82) is 0 Å². The number of nitrogens with zero attached hydrogens (tertiary/aromatic N) is 1. The molecule has 2 amide bonds. The van der Waals surface area contributed by atoms with E-state index in [0.717, 1.165) is 12.8 Å². The summed E-state index contributed by atoms with van der Waals surface area (Å²) in [5, 5.41) is 3.12. The van der Waals surface area contributed by atoms with Crippen molar-refractivity contribution in [1.82, 2.24) is 10.2 Å². The van der Waals surface area contributed by atoms with Crippen molar-refractivity contribution in [2.24, 2.45) is 0 Å². The Hall–Kier alpha value is -2.62. The van der Waals surface area contributed by atoms with Gasteiger partial charge in [0.25, 0.3) is 5.91 Å². The fourth-order valence-electron chi connectivity index (χ4n) is 4.18. The van der Waals surface area contributed by atoms with Gasteiger partial charge in [-0.05, 0) is 37.5 Å². The van der Waals surface area contributed by atoms with Crippen LogP contribution in [-0.2, 0) is 10.2 Å². The summed E-state index contributed by atoms with van der Waals surface area (Å²) in [4.78, 5) is 26.5. The van der Waals surface area contributed by atoms with E-state index < -0.39 is 0 Å². The van der Waals surface area contributed by atoms with Gasteiger partial charge in [-0.2, -0.15) is 0 Å². The quantitative estimate of drug-likeness (QED) is 0.823. The first-order valence-corrected chi connectivity index (χ1v) is 10.1. The Balaban J connectivity index is 1.63. The molecule has 0 atom stereocenters. The van der Waals surface area contributed by atoms with Gasteiger partial charge in [0.15, 0.2) is 0 Å². The molecule has 1 aliphatic rings. The van der Waals surface area contributed by atoms with E-state index in [1.54, 1.807) is 19.2 Å². The lowest BCUT2D eigenvalue weighted by atomic mass is 9.69. The van der Waals surface area contributed by atoms with Crippen molar-refractivity contribution in [3.8, 4) is 0 Å². The zero-order valence-corrected chi connectivity index (χ0v) is 16.9. The van der Waals surface area contributed by atoms with Crippen LogP contribution in [0.2, 0.25) is 0 Å². The van der Waals surface area contributed by atoms with Gasteiger partial charge < -0.3 is 10.2 Å². The summed E-state index contributed by atoms with van der Waals surface area (Å²) in [5.41, 5.74) is 3.17. The smallest absolute Gasteiger partial charge is 0.254 e. The van der Waals surface area contributed by atoms with Crippen LogP contribution in [0.5, 0.6) is 0 Å². The summed E-state index contributed by atoms with van der Waals surface area (Å²) >= 11 is 0. The molecule has 3 rings (SSSR count). The summed E-state index contributed by atoms with van der Waals surface area (Å²) in [6.07, 6.45) is 5.83. The van der Waals surface area contributed by atoms with Crippen molar-refractivity contribution in [2.75, 3.05) is 20.1 Å². The minimum Gasteiger partial charge on any atom is -0.354 e. The molecule has 4 heteroatoms. The van der Waals surface area contributed by atoms with E-state index in [2.05, 4.69) is 36.5 Å². The van der Waals surface area contributed by atoms with E-state index in [9.17, 15) is 9.59 Å². The van der Waals surface area contributed by atoms with Gasteiger partial charge in [0, 0.05) is 24.6 Å². The monoisotopic (exact) mass is 378 g/mol. The van der Waals surface area contributed by atoms with E-state index in [1.165, 1.54) is 35.3 Å². The fourth-order valence-corrected chi connectivity index (χ4v) is 4.18. The largest absolute Gasteiger partial charge is 0.354 e. The summed E-state index contributed by atoms with van der Waals surface area (Å²) < 4.78 is 0. The second-order valence-corrected chi connectivity index (χ2v) is 8.01. The molecule has 1 saturated carbocycles. The number of amides is 2. The van der Waals surface area contributed by atoms with Crippen LogP contribution >= 0.6 is 0 Å². The zero-order valence-electron chi connectivity index (χ0n) is 16.9. The normalized spacial score (nSPS) is 15.6. The highest BCUT2D eigenvalue weighted by atomic mass is 16.2. The molecule has 0 bridgehead atoms. The van der Waals surface area contributed by atoms with Gasteiger partial charge in [0.05, 0.1) is 6.54 Å². The number of aryl methyl sites for hydroxylation is 1. The first kappa shape index (κ1) is 20.1. The molecule has 2 aromatic carbocycles. The molecule has 148 valence electrons. The average Bonchev–Trinajstić information content (AvgIpc) is 2.73. The van der Waals surface area contributed by atoms with Crippen LogP contribution in [0.1, 0.15) is 53.6 Å². The van der Waals surface area contributed by atoms with Crippen LogP contribution in [0.4, 0.5) is 0 Å². The minimum absolute atomic E-state index is 0.00192. The lowest BCUT2D eigenvalue weighted by molar-refractivity contribution is -0.121. The molecule has 1 aliphatic carbocycles. The highest BCUT2D eigenvalue weighted by molar-refractivity contribution is 5.96. The van der Waals surface area contributed by atoms with Crippen molar-refractivity contribution in [3.63, 3.8) is 0 Å². The molecule has 1 fully saturated rings. The Kier molecular flexibility index (Phi) is 6.50. The summed E-state index contributed by atoms with van der Waals surface area (Å²) in [6.45, 7) is 2.81. The molecule has 0 spiro atoms. The second kappa shape index (κ2) is 9.05. The minimum atomic E-state index is -0.137. The number of benzene rings is 2. The van der Waals surface area contributed by atoms with Crippen LogP contribution in [0.15, 0.2) is 54.6 Å². The standard InChI is InChI=1S/C24H30N2O2/c1-19-10-9-13-21(16-19)24(14-7-4-8-15-24)18-25-22(27)17-26(2)23(28)20-11-5-3-6-12-20/h3,5-6,9-13,16H,4,7-8,14-15,17-18H2,1-2H3,(H,25,27). The van der Waals surface area contributed by atoms with Crippen LogP contribution in [0.3, 0.4) is 0 Å². The van der Waals surface area contributed by atoms with Gasteiger partial charge in [-0.3, -0.25) is 9.59 Å². The predicted octanol–water partition coefficient (Wildman–Crippen LogP) is 4.09. The molecule has 0 aromatic heterocycles. The highest BCUT2D eigenvalue weighted by Crippen LogP contribution is 2.39. The van der Waals surface area contributed by atoms with Gasteiger partial charge in [-0.15, -0.1) is 0 Å². The number of hydrogen-bond acceptors (Lipinski definition) is 2. The van der Waals surface area contributed by atoms with Gasteiger partial charge in [0.1, 0.15) is 0 Å². The Morgan fingerprint density at radius 2 is 1.71 bits per heavy atom. The van der Waals surface area contributed by atoms with E-state index >= 15 is 0 Å². The average molecular weight is 379 g/mol. The number of hydrogen-bond donors (Lipinski definition) is 1. The zero-order chi connectivity index (χ0) is 20.0. The molecule has 0 saturated heterocycles. The summed E-state index contributed by atoms with van der Waals surface area (Å²) in [5.74, 6) is -0.244. The Morgan fingerprint density at radius 3 is 2.39 bits per heavy atom. The van der Waals surface area contributed by atoms with E-state index in [1.807, 2.05) is 18.2 Å². The molecule has 2 aromatic rings. The van der Waals surface area contributed by atoms with Gasteiger partial charge in [-0.25, -0.2) is 0 Å².